The van der Waals surface area contributed by atoms with Gasteiger partial charge in [-0.15, -0.1) is 0 Å². The van der Waals surface area contributed by atoms with Crippen LogP contribution in [0.4, 0.5) is 11.5 Å². The lowest BCUT2D eigenvalue weighted by Gasteiger charge is -2.09. The molecule has 1 aromatic carbocycles. The van der Waals surface area contributed by atoms with E-state index in [4.69, 9.17) is 14.2 Å². The van der Waals surface area contributed by atoms with Crippen molar-refractivity contribution < 1.29 is 14.2 Å². The van der Waals surface area contributed by atoms with Crippen LogP contribution in [0.15, 0.2) is 54.9 Å². The molecular weight excluding hydrogens is 368 g/mol. The van der Waals surface area contributed by atoms with Gasteiger partial charge in [-0.25, -0.2) is 9.97 Å². The number of hydrogen-bond donors (Lipinski definition) is 1. The molecule has 0 bridgehead atoms. The van der Waals surface area contributed by atoms with E-state index in [0.717, 1.165) is 45.2 Å². The topological polar surface area (TPSA) is 70.4 Å². The summed E-state index contributed by atoms with van der Waals surface area (Å²) in [6.07, 6.45) is 3.51. The highest BCUT2D eigenvalue weighted by atomic mass is 16.5. The highest BCUT2D eigenvalue weighted by Gasteiger charge is 2.14. The number of aromatic nitrogens is 3. The molecule has 0 saturated carbocycles. The number of methoxy groups -OCH3 is 3. The normalized spacial score (nSPS) is 10.8. The van der Waals surface area contributed by atoms with Crippen molar-refractivity contribution in [2.45, 2.75) is 0 Å². The first-order valence-corrected chi connectivity index (χ1v) is 9.08. The fraction of sp³-hybridized carbons (Fsp3) is 0.182. The third kappa shape index (κ3) is 3.54. The van der Waals surface area contributed by atoms with Gasteiger partial charge < -0.3 is 24.1 Å². The third-order valence-electron chi connectivity index (χ3n) is 4.83. The Morgan fingerprint density at radius 3 is 2.24 bits per heavy atom. The van der Waals surface area contributed by atoms with Crippen molar-refractivity contribution in [3.8, 4) is 28.6 Å². The maximum atomic E-state index is 5.42. The Labute approximate surface area is 168 Å². The molecule has 0 spiro atoms. The average Bonchev–Trinajstić information content (AvgIpc) is 3.11. The number of anilines is 2. The molecule has 0 saturated heterocycles. The van der Waals surface area contributed by atoms with Crippen molar-refractivity contribution >= 4 is 22.4 Å². The van der Waals surface area contributed by atoms with E-state index in [1.807, 2.05) is 37.4 Å². The van der Waals surface area contributed by atoms with E-state index in [9.17, 15) is 0 Å². The molecule has 29 heavy (non-hydrogen) atoms. The molecule has 0 atom stereocenters. The van der Waals surface area contributed by atoms with Crippen molar-refractivity contribution in [1.82, 2.24) is 14.5 Å². The molecule has 0 amide bonds. The van der Waals surface area contributed by atoms with Gasteiger partial charge in [0.05, 0.1) is 38.7 Å². The second kappa shape index (κ2) is 7.71. The maximum absolute atomic E-state index is 5.42. The predicted molar refractivity (Wildman–Crippen MR) is 113 cm³/mol. The molecular formula is C22H22N4O3. The molecule has 4 aromatic rings. The summed E-state index contributed by atoms with van der Waals surface area (Å²) in [5.74, 6) is 2.80. The summed E-state index contributed by atoms with van der Waals surface area (Å²) in [6, 6.07) is 13.7. The van der Waals surface area contributed by atoms with Gasteiger partial charge in [-0.1, -0.05) is 0 Å². The third-order valence-corrected chi connectivity index (χ3v) is 4.83. The van der Waals surface area contributed by atoms with Crippen molar-refractivity contribution in [3.63, 3.8) is 0 Å². The molecule has 0 aliphatic heterocycles. The number of hydrogen-bond acceptors (Lipinski definition) is 6. The van der Waals surface area contributed by atoms with E-state index in [2.05, 4.69) is 25.9 Å². The average molecular weight is 390 g/mol. The summed E-state index contributed by atoms with van der Waals surface area (Å²) in [4.78, 5) is 8.76. The van der Waals surface area contributed by atoms with Gasteiger partial charge in [-0.05, 0) is 30.3 Å². The fourth-order valence-corrected chi connectivity index (χ4v) is 3.30. The second-order valence-corrected chi connectivity index (χ2v) is 6.50. The Morgan fingerprint density at radius 2 is 1.62 bits per heavy atom. The molecule has 3 aromatic heterocycles. The van der Waals surface area contributed by atoms with Crippen molar-refractivity contribution in [2.24, 2.45) is 7.05 Å². The Morgan fingerprint density at radius 1 is 0.862 bits per heavy atom. The van der Waals surface area contributed by atoms with Crippen LogP contribution in [-0.2, 0) is 7.05 Å². The number of nitrogens with zero attached hydrogens (tertiary/aromatic N) is 3. The minimum atomic E-state index is 0.565. The summed E-state index contributed by atoms with van der Waals surface area (Å²) in [5, 5.41) is 4.35. The quantitative estimate of drug-likeness (QED) is 0.526. The molecule has 7 nitrogen and oxygen atoms in total. The van der Waals surface area contributed by atoms with Gasteiger partial charge in [0.15, 0.2) is 0 Å². The van der Waals surface area contributed by atoms with Crippen LogP contribution >= 0.6 is 0 Å². The molecule has 7 heteroatoms. The second-order valence-electron chi connectivity index (χ2n) is 6.50. The summed E-state index contributed by atoms with van der Waals surface area (Å²) in [5.41, 5.74) is 3.91. The smallest absolute Gasteiger partial charge is 0.213 e. The fourth-order valence-electron chi connectivity index (χ4n) is 3.30. The monoisotopic (exact) mass is 390 g/mol. The van der Waals surface area contributed by atoms with E-state index >= 15 is 0 Å². The number of nitrogens with one attached hydrogen (secondary N) is 1. The SMILES string of the molecule is COc1cc(OC)cc(-c2cc3c(Nc4ccc(OC)nc4)nccc3n2C)c1. The first-order chi connectivity index (χ1) is 14.1. The van der Waals surface area contributed by atoms with Crippen LogP contribution in [0.5, 0.6) is 17.4 Å². The summed E-state index contributed by atoms with van der Waals surface area (Å²) in [7, 11) is 6.92. The van der Waals surface area contributed by atoms with Gasteiger partial charge in [0.2, 0.25) is 5.88 Å². The molecule has 0 unspecified atom stereocenters. The molecule has 0 aliphatic carbocycles. The first kappa shape index (κ1) is 18.6. The summed E-state index contributed by atoms with van der Waals surface area (Å²) < 4.78 is 18.1. The molecule has 4 rings (SSSR count). The minimum absolute atomic E-state index is 0.565. The highest BCUT2D eigenvalue weighted by Crippen LogP contribution is 2.35. The molecule has 1 N–H and O–H groups in total. The Hall–Kier alpha value is -3.74. The van der Waals surface area contributed by atoms with Crippen molar-refractivity contribution in [1.29, 1.82) is 0 Å². The van der Waals surface area contributed by atoms with E-state index in [0.29, 0.717) is 5.88 Å². The van der Waals surface area contributed by atoms with Crippen LogP contribution in [-0.4, -0.2) is 35.9 Å². The van der Waals surface area contributed by atoms with E-state index < -0.39 is 0 Å². The largest absolute Gasteiger partial charge is 0.497 e. The van der Waals surface area contributed by atoms with Crippen molar-refractivity contribution in [2.75, 3.05) is 26.6 Å². The van der Waals surface area contributed by atoms with Crippen LogP contribution in [0.2, 0.25) is 0 Å². The van der Waals surface area contributed by atoms with Gasteiger partial charge in [-0.3, -0.25) is 0 Å². The predicted octanol–water partition coefficient (Wildman–Crippen LogP) is 4.40. The number of ether oxygens (including phenoxy) is 3. The number of pyridine rings is 2. The number of fused-ring (bicyclic) bond motifs is 1. The number of aryl methyl sites for hydroxylation is 1. The lowest BCUT2D eigenvalue weighted by molar-refractivity contribution is 0.394. The van der Waals surface area contributed by atoms with Crippen molar-refractivity contribution in [3.05, 3.63) is 54.9 Å². The van der Waals surface area contributed by atoms with Gasteiger partial charge in [0, 0.05) is 42.0 Å². The van der Waals surface area contributed by atoms with Gasteiger partial charge >= 0.3 is 0 Å². The molecule has 3 heterocycles. The zero-order chi connectivity index (χ0) is 20.4. The van der Waals surface area contributed by atoms with Crippen LogP contribution < -0.4 is 19.5 Å². The highest BCUT2D eigenvalue weighted by molar-refractivity contribution is 5.96. The lowest BCUT2D eigenvalue weighted by Crippen LogP contribution is -1.96. The first-order valence-electron chi connectivity index (χ1n) is 9.08. The Bertz CT molecular complexity index is 1130. The lowest BCUT2D eigenvalue weighted by atomic mass is 10.1. The molecule has 148 valence electrons. The Kier molecular flexibility index (Phi) is 4.95. The standard InChI is InChI=1S/C22H22N4O3/c1-26-19-7-8-23-22(25-15-5-6-21(29-4)24-13-15)18(19)12-20(26)14-9-16(27-2)11-17(10-14)28-3/h5-13H,1-4H3,(H,23,25). The minimum Gasteiger partial charge on any atom is -0.497 e. The summed E-state index contributed by atoms with van der Waals surface area (Å²) >= 11 is 0. The van der Waals surface area contributed by atoms with E-state index in [-0.39, 0.29) is 0 Å². The number of rotatable bonds is 6. The zero-order valence-corrected chi connectivity index (χ0v) is 16.8. The summed E-state index contributed by atoms with van der Waals surface area (Å²) in [6.45, 7) is 0. The van der Waals surface area contributed by atoms with Gasteiger partial charge in [-0.2, -0.15) is 0 Å². The molecule has 0 fully saturated rings. The van der Waals surface area contributed by atoms with Gasteiger partial charge in [0.1, 0.15) is 17.3 Å². The Balaban J connectivity index is 1.78. The zero-order valence-electron chi connectivity index (χ0n) is 16.8. The van der Waals surface area contributed by atoms with Gasteiger partial charge in [0.25, 0.3) is 0 Å². The van der Waals surface area contributed by atoms with Crippen LogP contribution in [0.1, 0.15) is 0 Å². The maximum Gasteiger partial charge on any atom is 0.213 e. The van der Waals surface area contributed by atoms with Crippen LogP contribution in [0.3, 0.4) is 0 Å². The van der Waals surface area contributed by atoms with E-state index in [1.54, 1.807) is 39.8 Å². The van der Waals surface area contributed by atoms with Crippen LogP contribution in [0.25, 0.3) is 22.2 Å². The molecule has 0 aliphatic rings. The number of benzene rings is 1. The van der Waals surface area contributed by atoms with E-state index in [1.165, 1.54) is 0 Å². The van der Waals surface area contributed by atoms with Crippen LogP contribution in [0, 0.1) is 0 Å². The molecule has 0 radical (unpaired) electrons.